The van der Waals surface area contributed by atoms with Crippen molar-refractivity contribution in [2.45, 2.75) is 24.4 Å². The van der Waals surface area contributed by atoms with Gasteiger partial charge in [0, 0.05) is 23.0 Å². The lowest BCUT2D eigenvalue weighted by atomic mass is 10.1. The summed E-state index contributed by atoms with van der Waals surface area (Å²) in [6.45, 7) is 0. The van der Waals surface area contributed by atoms with Gasteiger partial charge in [0.1, 0.15) is 4.83 Å². The van der Waals surface area contributed by atoms with Crippen LogP contribution >= 0.6 is 23.1 Å². The Balaban J connectivity index is 1.37. The first-order valence-corrected chi connectivity index (χ1v) is 11.3. The number of benzene rings is 2. The highest BCUT2D eigenvalue weighted by atomic mass is 32.2. The number of thioether (sulfide) groups is 1. The number of hydrogen-bond acceptors (Lipinski definition) is 5. The molecule has 1 aliphatic carbocycles. The molecule has 5 rings (SSSR count). The van der Waals surface area contributed by atoms with Gasteiger partial charge in [-0.25, -0.2) is 4.98 Å². The molecule has 0 saturated carbocycles. The van der Waals surface area contributed by atoms with Crippen molar-refractivity contribution in [3.05, 3.63) is 63.3 Å². The summed E-state index contributed by atoms with van der Waals surface area (Å²) in [6, 6.07) is 13.8. The van der Waals surface area contributed by atoms with Crippen molar-refractivity contribution in [3.8, 4) is 0 Å². The second-order valence-corrected chi connectivity index (χ2v) is 9.19. The molecular formula is C22H19N3O2S2. The average molecular weight is 422 g/mol. The number of thiophene rings is 1. The number of fused-ring (bicyclic) bond motifs is 4. The molecule has 0 bridgehead atoms. The minimum atomic E-state index is -0.116. The van der Waals surface area contributed by atoms with Gasteiger partial charge in [0.25, 0.3) is 5.56 Å². The van der Waals surface area contributed by atoms with Crippen molar-refractivity contribution in [3.63, 3.8) is 0 Å². The van der Waals surface area contributed by atoms with Crippen LogP contribution in [0.5, 0.6) is 0 Å². The Morgan fingerprint density at radius 1 is 1.21 bits per heavy atom. The lowest BCUT2D eigenvalue weighted by Crippen LogP contribution is -2.21. The minimum Gasteiger partial charge on any atom is -0.325 e. The molecule has 0 unspecified atom stereocenters. The molecule has 2 aromatic heterocycles. The van der Waals surface area contributed by atoms with Gasteiger partial charge >= 0.3 is 0 Å². The third kappa shape index (κ3) is 3.24. The van der Waals surface area contributed by atoms with Crippen LogP contribution in [-0.4, -0.2) is 21.2 Å². The Hall–Kier alpha value is -2.64. The quantitative estimate of drug-likeness (QED) is 0.393. The first-order valence-electron chi connectivity index (χ1n) is 9.53. The second kappa shape index (κ2) is 7.31. The Bertz CT molecular complexity index is 1320. The smallest absolute Gasteiger partial charge is 0.262 e. The van der Waals surface area contributed by atoms with Gasteiger partial charge in [-0.15, -0.1) is 11.3 Å². The number of hydrogen-bond donors (Lipinski definition) is 1. The topological polar surface area (TPSA) is 64.0 Å². The Morgan fingerprint density at radius 3 is 2.93 bits per heavy atom. The summed E-state index contributed by atoms with van der Waals surface area (Å²) in [5, 5.41) is 6.43. The highest BCUT2D eigenvalue weighted by Crippen LogP contribution is 2.35. The van der Waals surface area contributed by atoms with E-state index in [1.165, 1.54) is 22.2 Å². The molecule has 0 saturated heterocycles. The largest absolute Gasteiger partial charge is 0.325 e. The van der Waals surface area contributed by atoms with E-state index < -0.39 is 0 Å². The third-order valence-corrected chi connectivity index (χ3v) is 7.52. The standard InChI is InChI=1S/C22H19N3O2S2/c1-25-21(27)19-15-9-5-11-17(15)29-20(19)24-22(25)28-12-18(26)23-16-10-4-7-13-6-2-3-8-14(13)16/h2-4,6-8,10H,5,9,11-12H2,1H3,(H,23,26). The molecule has 1 aliphatic rings. The van der Waals surface area contributed by atoms with Crippen molar-refractivity contribution >= 4 is 55.7 Å². The van der Waals surface area contributed by atoms with E-state index in [-0.39, 0.29) is 17.2 Å². The summed E-state index contributed by atoms with van der Waals surface area (Å²) in [5.41, 5.74) is 1.97. The highest BCUT2D eigenvalue weighted by molar-refractivity contribution is 7.99. The molecule has 7 heteroatoms. The van der Waals surface area contributed by atoms with Crippen LogP contribution in [0.4, 0.5) is 5.69 Å². The predicted molar refractivity (Wildman–Crippen MR) is 120 cm³/mol. The molecule has 2 heterocycles. The van der Waals surface area contributed by atoms with Crippen molar-refractivity contribution in [1.82, 2.24) is 9.55 Å². The maximum Gasteiger partial charge on any atom is 0.262 e. The number of carbonyl (C=O) groups excluding carboxylic acids is 1. The molecule has 5 nitrogen and oxygen atoms in total. The molecule has 0 radical (unpaired) electrons. The predicted octanol–water partition coefficient (Wildman–Crippen LogP) is 4.37. The molecule has 1 N–H and O–H groups in total. The van der Waals surface area contributed by atoms with Gasteiger partial charge in [-0.3, -0.25) is 14.2 Å². The van der Waals surface area contributed by atoms with Crippen LogP contribution in [0.3, 0.4) is 0 Å². The summed E-state index contributed by atoms with van der Waals surface area (Å²) in [5.74, 6) is 0.0782. The van der Waals surface area contributed by atoms with E-state index in [2.05, 4.69) is 5.32 Å². The van der Waals surface area contributed by atoms with Crippen LogP contribution in [0.2, 0.25) is 0 Å². The number of nitrogens with one attached hydrogen (secondary N) is 1. The van der Waals surface area contributed by atoms with Crippen LogP contribution in [-0.2, 0) is 24.7 Å². The summed E-state index contributed by atoms with van der Waals surface area (Å²) in [6.07, 6.45) is 3.12. The summed E-state index contributed by atoms with van der Waals surface area (Å²) in [7, 11) is 1.73. The van der Waals surface area contributed by atoms with Gasteiger partial charge < -0.3 is 5.32 Å². The second-order valence-electron chi connectivity index (χ2n) is 7.16. The fourth-order valence-electron chi connectivity index (χ4n) is 3.89. The average Bonchev–Trinajstić information content (AvgIpc) is 3.31. The maximum absolute atomic E-state index is 12.9. The number of anilines is 1. The van der Waals surface area contributed by atoms with Gasteiger partial charge in [-0.2, -0.15) is 0 Å². The van der Waals surface area contributed by atoms with Crippen molar-refractivity contribution in [1.29, 1.82) is 0 Å². The first-order chi connectivity index (χ1) is 14.1. The van der Waals surface area contributed by atoms with Crippen LogP contribution in [0.15, 0.2) is 52.4 Å². The zero-order valence-corrected chi connectivity index (χ0v) is 17.5. The SMILES string of the molecule is Cn1c(SCC(=O)Nc2cccc3ccccc23)nc2sc3c(c2c1=O)CCC3. The number of aromatic nitrogens is 2. The summed E-state index contributed by atoms with van der Waals surface area (Å²) >= 11 is 2.92. The first kappa shape index (κ1) is 18.4. The molecular weight excluding hydrogens is 402 g/mol. The molecule has 2 aromatic carbocycles. The summed E-state index contributed by atoms with van der Waals surface area (Å²) < 4.78 is 1.57. The van der Waals surface area contributed by atoms with Gasteiger partial charge in [-0.05, 0) is 36.3 Å². The van der Waals surface area contributed by atoms with E-state index in [0.717, 1.165) is 45.9 Å². The van der Waals surface area contributed by atoms with Crippen LogP contribution < -0.4 is 10.9 Å². The molecule has 4 aromatic rings. The van der Waals surface area contributed by atoms with Crippen molar-refractivity contribution < 1.29 is 4.79 Å². The van der Waals surface area contributed by atoms with E-state index in [0.29, 0.717) is 5.16 Å². The lowest BCUT2D eigenvalue weighted by molar-refractivity contribution is -0.113. The van der Waals surface area contributed by atoms with Crippen molar-refractivity contribution in [2.24, 2.45) is 7.05 Å². The summed E-state index contributed by atoms with van der Waals surface area (Å²) in [4.78, 5) is 32.2. The monoisotopic (exact) mass is 421 g/mol. The van der Waals surface area contributed by atoms with E-state index in [4.69, 9.17) is 4.98 Å². The van der Waals surface area contributed by atoms with E-state index in [9.17, 15) is 9.59 Å². The van der Waals surface area contributed by atoms with Gasteiger partial charge in [-0.1, -0.05) is 48.2 Å². The molecule has 0 atom stereocenters. The fourth-order valence-corrected chi connectivity index (χ4v) is 5.96. The van der Waals surface area contributed by atoms with Crippen LogP contribution in [0, 0.1) is 0 Å². The fraction of sp³-hybridized carbons (Fsp3) is 0.227. The van der Waals surface area contributed by atoms with Crippen LogP contribution in [0.1, 0.15) is 16.9 Å². The lowest BCUT2D eigenvalue weighted by Gasteiger charge is -2.10. The molecule has 146 valence electrons. The molecule has 1 amide bonds. The zero-order chi connectivity index (χ0) is 20.0. The maximum atomic E-state index is 12.9. The van der Waals surface area contributed by atoms with Crippen molar-refractivity contribution in [2.75, 3.05) is 11.1 Å². The van der Waals surface area contributed by atoms with E-state index in [1.807, 2.05) is 42.5 Å². The molecule has 0 fully saturated rings. The number of nitrogens with zero attached hydrogens (tertiary/aromatic N) is 2. The number of amides is 1. The van der Waals surface area contributed by atoms with Gasteiger partial charge in [0.05, 0.1) is 11.1 Å². The third-order valence-electron chi connectivity index (χ3n) is 5.30. The van der Waals surface area contributed by atoms with E-state index in [1.54, 1.807) is 23.0 Å². The zero-order valence-electron chi connectivity index (χ0n) is 15.9. The highest BCUT2D eigenvalue weighted by Gasteiger charge is 2.22. The van der Waals surface area contributed by atoms with Crippen LogP contribution in [0.25, 0.3) is 21.0 Å². The number of aryl methyl sites for hydroxylation is 2. The Morgan fingerprint density at radius 2 is 2.03 bits per heavy atom. The normalized spacial score (nSPS) is 13.1. The molecule has 0 aliphatic heterocycles. The minimum absolute atomic E-state index is 0.00800. The van der Waals surface area contributed by atoms with Gasteiger partial charge in [0.2, 0.25) is 5.91 Å². The number of carbonyl (C=O) groups is 1. The number of rotatable bonds is 4. The Labute approximate surface area is 175 Å². The molecule has 0 spiro atoms. The van der Waals surface area contributed by atoms with Gasteiger partial charge in [0.15, 0.2) is 5.16 Å². The van der Waals surface area contributed by atoms with E-state index >= 15 is 0 Å². The Kier molecular flexibility index (Phi) is 4.64. The molecule has 29 heavy (non-hydrogen) atoms.